The number of carbonyl (C=O) groups excluding carboxylic acids is 3. The van der Waals surface area contributed by atoms with Crippen molar-refractivity contribution in [2.45, 2.75) is 26.3 Å². The van der Waals surface area contributed by atoms with E-state index in [2.05, 4.69) is 15.8 Å². The topological polar surface area (TPSA) is 123 Å². The van der Waals surface area contributed by atoms with Crippen LogP contribution in [0.25, 0.3) is 0 Å². The predicted octanol–water partition coefficient (Wildman–Crippen LogP) is -0.0845. The highest BCUT2D eigenvalue weighted by atomic mass is 16.5. The maximum absolute atomic E-state index is 11.6. The Morgan fingerprint density at radius 3 is 2.65 bits per heavy atom. The number of nitrogens with two attached hydrogens (primary N) is 1. The number of nitrogens with zero attached hydrogens (tertiary/aromatic N) is 1. The monoisotopic (exact) mass is 320 g/mol. The second kappa shape index (κ2) is 9.19. The number of primary amides is 1. The summed E-state index contributed by atoms with van der Waals surface area (Å²) in [5.41, 5.74) is 7.66. The largest absolute Gasteiger partial charge is 0.483 e. The Bertz CT molecular complexity index is 601. The van der Waals surface area contributed by atoms with Gasteiger partial charge < -0.3 is 15.8 Å². The van der Waals surface area contributed by atoms with Gasteiger partial charge in [0.05, 0.1) is 6.21 Å². The fourth-order valence-corrected chi connectivity index (χ4v) is 1.47. The van der Waals surface area contributed by atoms with Gasteiger partial charge in [-0.3, -0.25) is 14.4 Å². The Hall–Kier alpha value is -2.90. The van der Waals surface area contributed by atoms with Crippen molar-refractivity contribution in [3.8, 4) is 5.75 Å². The first kappa shape index (κ1) is 18.1. The first-order valence-corrected chi connectivity index (χ1v) is 7.08. The smallest absolute Gasteiger partial charge is 0.329 e. The Kier molecular flexibility index (Phi) is 7.25. The second-order valence-electron chi connectivity index (χ2n) is 4.77. The molecule has 1 aromatic carbocycles. The molecular weight excluding hydrogens is 300 g/mol. The molecule has 0 radical (unpaired) electrons. The van der Waals surface area contributed by atoms with E-state index < -0.39 is 17.7 Å². The summed E-state index contributed by atoms with van der Waals surface area (Å²) in [6.07, 6.45) is 2.03. The summed E-state index contributed by atoms with van der Waals surface area (Å²) in [7, 11) is 0. The third kappa shape index (κ3) is 6.60. The van der Waals surface area contributed by atoms with E-state index in [4.69, 9.17) is 10.5 Å². The summed E-state index contributed by atoms with van der Waals surface area (Å²) in [5.74, 6) is -1.84. The van der Waals surface area contributed by atoms with Crippen LogP contribution in [0, 0.1) is 0 Å². The van der Waals surface area contributed by atoms with Gasteiger partial charge in [0.15, 0.2) is 6.61 Å². The lowest BCUT2D eigenvalue weighted by Gasteiger charge is -2.09. The molecule has 0 bridgehead atoms. The molecular formula is C15H20N4O4. The van der Waals surface area contributed by atoms with Crippen LogP contribution in [0.1, 0.15) is 25.8 Å². The summed E-state index contributed by atoms with van der Waals surface area (Å²) in [4.78, 5) is 33.8. The molecule has 0 aliphatic rings. The van der Waals surface area contributed by atoms with Crippen LogP contribution >= 0.6 is 0 Å². The molecule has 1 rings (SSSR count). The van der Waals surface area contributed by atoms with Gasteiger partial charge in [-0.1, -0.05) is 19.1 Å². The highest BCUT2D eigenvalue weighted by molar-refractivity contribution is 6.35. The van der Waals surface area contributed by atoms with Gasteiger partial charge in [-0.15, -0.1) is 0 Å². The van der Waals surface area contributed by atoms with Crippen molar-refractivity contribution in [2.24, 2.45) is 10.8 Å². The number of ether oxygens (including phenoxy) is 1. The zero-order chi connectivity index (χ0) is 17.2. The van der Waals surface area contributed by atoms with Crippen molar-refractivity contribution < 1.29 is 19.1 Å². The molecule has 8 nitrogen and oxygen atoms in total. The lowest BCUT2D eigenvalue weighted by Crippen LogP contribution is -2.41. The van der Waals surface area contributed by atoms with E-state index in [1.165, 1.54) is 6.21 Å². The van der Waals surface area contributed by atoms with Crippen LogP contribution < -0.4 is 21.2 Å². The van der Waals surface area contributed by atoms with E-state index in [9.17, 15) is 14.4 Å². The standard InChI is InChI=1S/C15H20N4O4/c1-3-10(2)18-14(21)15(22)19-17-8-11-6-4-5-7-12(11)23-9-13(16)20/h4-8,10H,3,9H2,1-2H3,(H2,16,20)(H,18,21)(H,19,22)/b17-8-/t10-/m1/s1. The van der Waals surface area contributed by atoms with Gasteiger partial charge in [0.25, 0.3) is 5.91 Å². The fourth-order valence-electron chi connectivity index (χ4n) is 1.47. The van der Waals surface area contributed by atoms with Crippen LogP contribution in [0.3, 0.4) is 0 Å². The van der Waals surface area contributed by atoms with E-state index >= 15 is 0 Å². The van der Waals surface area contributed by atoms with Gasteiger partial charge in [0.2, 0.25) is 0 Å². The maximum atomic E-state index is 11.6. The van der Waals surface area contributed by atoms with Crippen molar-refractivity contribution >= 4 is 23.9 Å². The quantitative estimate of drug-likeness (QED) is 0.369. The van der Waals surface area contributed by atoms with E-state index in [1.807, 2.05) is 6.92 Å². The summed E-state index contributed by atoms with van der Waals surface area (Å²) in [5, 5.41) is 6.22. The number of nitrogens with one attached hydrogen (secondary N) is 2. The molecule has 0 saturated heterocycles. The Morgan fingerprint density at radius 2 is 2.00 bits per heavy atom. The molecule has 8 heteroatoms. The second-order valence-corrected chi connectivity index (χ2v) is 4.77. The minimum absolute atomic E-state index is 0.0971. The molecule has 0 saturated carbocycles. The minimum Gasteiger partial charge on any atom is -0.483 e. The van der Waals surface area contributed by atoms with Gasteiger partial charge in [0, 0.05) is 11.6 Å². The van der Waals surface area contributed by atoms with Crippen LogP contribution in [-0.2, 0) is 14.4 Å². The highest BCUT2D eigenvalue weighted by Gasteiger charge is 2.14. The first-order valence-electron chi connectivity index (χ1n) is 7.08. The van der Waals surface area contributed by atoms with Crippen molar-refractivity contribution in [1.82, 2.24) is 10.7 Å². The van der Waals surface area contributed by atoms with Gasteiger partial charge in [0.1, 0.15) is 5.75 Å². The molecule has 4 N–H and O–H groups in total. The zero-order valence-electron chi connectivity index (χ0n) is 13.0. The molecule has 124 valence electrons. The molecule has 0 fully saturated rings. The Morgan fingerprint density at radius 1 is 1.30 bits per heavy atom. The molecule has 1 atom stereocenters. The van der Waals surface area contributed by atoms with E-state index in [0.29, 0.717) is 17.7 Å². The SMILES string of the molecule is CC[C@@H](C)NC(=O)C(=O)N/N=C\c1ccccc1OCC(N)=O. The Labute approximate surface area is 134 Å². The summed E-state index contributed by atoms with van der Waals surface area (Å²) in [6, 6.07) is 6.65. The molecule has 0 aromatic heterocycles. The molecule has 0 aliphatic heterocycles. The first-order chi connectivity index (χ1) is 10.9. The van der Waals surface area contributed by atoms with Crippen LogP contribution in [0.15, 0.2) is 29.4 Å². The van der Waals surface area contributed by atoms with Gasteiger partial charge in [-0.05, 0) is 25.5 Å². The van der Waals surface area contributed by atoms with Crippen molar-refractivity contribution in [3.05, 3.63) is 29.8 Å². The average molecular weight is 320 g/mol. The summed E-state index contributed by atoms with van der Waals surface area (Å²) < 4.78 is 5.21. The van der Waals surface area contributed by atoms with Crippen LogP contribution in [0.2, 0.25) is 0 Å². The van der Waals surface area contributed by atoms with Crippen LogP contribution in [0.4, 0.5) is 0 Å². The van der Waals surface area contributed by atoms with E-state index in [-0.39, 0.29) is 12.6 Å². The molecule has 0 aliphatic carbocycles. The minimum atomic E-state index is -0.864. The third-order valence-corrected chi connectivity index (χ3v) is 2.85. The summed E-state index contributed by atoms with van der Waals surface area (Å²) in [6.45, 7) is 3.42. The molecule has 3 amide bonds. The lowest BCUT2D eigenvalue weighted by atomic mass is 10.2. The number of benzene rings is 1. The molecule has 0 heterocycles. The highest BCUT2D eigenvalue weighted by Crippen LogP contribution is 2.15. The third-order valence-electron chi connectivity index (χ3n) is 2.85. The van der Waals surface area contributed by atoms with Crippen LogP contribution in [0.5, 0.6) is 5.75 Å². The number of hydrogen-bond acceptors (Lipinski definition) is 5. The number of amides is 3. The van der Waals surface area contributed by atoms with Crippen LogP contribution in [-0.4, -0.2) is 36.6 Å². The van der Waals surface area contributed by atoms with Gasteiger partial charge in [-0.2, -0.15) is 5.10 Å². The van der Waals surface area contributed by atoms with Crippen molar-refractivity contribution in [1.29, 1.82) is 0 Å². The van der Waals surface area contributed by atoms with E-state index in [0.717, 1.165) is 0 Å². The van der Waals surface area contributed by atoms with Crippen molar-refractivity contribution in [2.75, 3.05) is 6.61 Å². The average Bonchev–Trinajstić information content (AvgIpc) is 2.53. The molecule has 23 heavy (non-hydrogen) atoms. The van der Waals surface area contributed by atoms with Crippen molar-refractivity contribution in [3.63, 3.8) is 0 Å². The lowest BCUT2D eigenvalue weighted by molar-refractivity contribution is -0.139. The Balaban J connectivity index is 2.62. The normalized spacial score (nSPS) is 11.7. The van der Waals surface area contributed by atoms with E-state index in [1.54, 1.807) is 31.2 Å². The number of hydrazone groups is 1. The zero-order valence-corrected chi connectivity index (χ0v) is 13.0. The number of hydrogen-bond donors (Lipinski definition) is 3. The predicted molar refractivity (Wildman–Crippen MR) is 84.8 cm³/mol. The number of carbonyl (C=O) groups is 3. The molecule has 1 aromatic rings. The molecule has 0 unspecified atom stereocenters. The maximum Gasteiger partial charge on any atom is 0.329 e. The number of rotatable bonds is 7. The molecule has 0 spiro atoms. The summed E-state index contributed by atoms with van der Waals surface area (Å²) >= 11 is 0. The van der Waals surface area contributed by atoms with Gasteiger partial charge >= 0.3 is 11.8 Å². The number of para-hydroxylation sites is 1. The fraction of sp³-hybridized carbons (Fsp3) is 0.333. The van der Waals surface area contributed by atoms with Gasteiger partial charge in [-0.25, -0.2) is 5.43 Å².